The first-order valence-corrected chi connectivity index (χ1v) is 15.6. The number of carbonyl (C=O) groups excluding carboxylic acids is 3. The van der Waals surface area contributed by atoms with Crippen molar-refractivity contribution in [2.45, 2.75) is 89.5 Å². The van der Waals surface area contributed by atoms with Gasteiger partial charge >= 0.3 is 5.97 Å². The summed E-state index contributed by atoms with van der Waals surface area (Å²) in [6, 6.07) is 18.2. The third kappa shape index (κ3) is 10.9. The van der Waals surface area contributed by atoms with Crippen LogP contribution in [0.5, 0.6) is 0 Å². The molecule has 3 rings (SSSR count). The van der Waals surface area contributed by atoms with Crippen LogP contribution in [0.1, 0.15) is 94.6 Å². The van der Waals surface area contributed by atoms with E-state index in [1.165, 1.54) is 44.9 Å². The number of benzene rings is 2. The van der Waals surface area contributed by atoms with Crippen LogP contribution in [-0.4, -0.2) is 53.5 Å². The minimum atomic E-state index is -0.830. The van der Waals surface area contributed by atoms with Crippen molar-refractivity contribution < 1.29 is 19.1 Å². The Morgan fingerprint density at radius 3 is 2.00 bits per heavy atom. The summed E-state index contributed by atoms with van der Waals surface area (Å²) in [5, 5.41) is 5.78. The molecule has 0 saturated carbocycles. The number of carbonyl (C=O) groups is 3. The van der Waals surface area contributed by atoms with Crippen LogP contribution in [0.4, 0.5) is 0 Å². The van der Waals surface area contributed by atoms with Gasteiger partial charge in [0.25, 0.3) is 0 Å². The van der Waals surface area contributed by atoms with Crippen molar-refractivity contribution in [2.24, 2.45) is 0 Å². The van der Waals surface area contributed by atoms with Crippen molar-refractivity contribution in [2.75, 3.05) is 19.7 Å². The molecule has 2 N–H and O–H groups in total. The lowest BCUT2D eigenvalue weighted by atomic mass is 9.90. The van der Waals surface area contributed by atoms with Gasteiger partial charge in [-0.05, 0) is 29.8 Å². The molecule has 1 atom stereocenters. The van der Waals surface area contributed by atoms with Crippen molar-refractivity contribution in [1.29, 1.82) is 0 Å². The Hall–Kier alpha value is -3.26. The monoisotopic (exact) mass is 579 g/mol. The molecule has 0 aliphatic carbocycles. The zero-order chi connectivity index (χ0) is 29.3. The summed E-state index contributed by atoms with van der Waals surface area (Å²) in [6.45, 7) is 3.35. The lowest BCUT2D eigenvalue weighted by molar-refractivity contribution is -0.147. The maximum atomic E-state index is 13.5. The predicted octanol–water partition coefficient (Wildman–Crippen LogP) is 5.87. The highest BCUT2D eigenvalue weighted by Crippen LogP contribution is 2.25. The molecule has 1 saturated heterocycles. The summed E-state index contributed by atoms with van der Waals surface area (Å²) in [5.41, 5.74) is 1.67. The number of hydrogen-bond donors (Lipinski definition) is 2. The number of thiocarbonyl (C=S) groups is 1. The predicted molar refractivity (Wildman–Crippen MR) is 166 cm³/mol. The van der Waals surface area contributed by atoms with Crippen LogP contribution in [0.3, 0.4) is 0 Å². The van der Waals surface area contributed by atoms with E-state index in [4.69, 9.17) is 17.0 Å². The number of piperazine rings is 1. The van der Waals surface area contributed by atoms with Crippen molar-refractivity contribution in [1.82, 2.24) is 15.5 Å². The van der Waals surface area contributed by atoms with Gasteiger partial charge < -0.3 is 20.3 Å². The first-order chi connectivity index (χ1) is 20.0. The number of esters is 1. The fourth-order valence-electron chi connectivity index (χ4n) is 5.19. The fraction of sp³-hybridized carbons (Fsp3) is 0.515. The molecule has 2 aromatic carbocycles. The SMILES string of the molecule is CCCCCCCCCCCCOC(=O)CC1C(=O)NCCN1C(=S)NC(=O)C(c1ccccc1)c1ccccc1. The molecule has 2 aromatic rings. The van der Waals surface area contributed by atoms with Crippen LogP contribution in [0.15, 0.2) is 60.7 Å². The Morgan fingerprint density at radius 1 is 0.902 bits per heavy atom. The average molecular weight is 580 g/mol. The van der Waals surface area contributed by atoms with Crippen LogP contribution in [0, 0.1) is 0 Å². The Bertz CT molecular complexity index is 1060. The van der Waals surface area contributed by atoms with Crippen molar-refractivity contribution in [3.63, 3.8) is 0 Å². The molecule has 41 heavy (non-hydrogen) atoms. The quantitative estimate of drug-likeness (QED) is 0.147. The molecule has 0 spiro atoms. The van der Waals surface area contributed by atoms with E-state index in [-0.39, 0.29) is 23.3 Å². The first-order valence-electron chi connectivity index (χ1n) is 15.2. The second kappa shape index (κ2) is 18.2. The molecule has 1 heterocycles. The Morgan fingerprint density at radius 2 is 1.44 bits per heavy atom. The summed E-state index contributed by atoms with van der Waals surface area (Å²) in [5.74, 6) is -1.60. The van der Waals surface area contributed by atoms with Gasteiger partial charge in [-0.1, -0.05) is 125 Å². The van der Waals surface area contributed by atoms with E-state index in [0.29, 0.717) is 19.7 Å². The third-order valence-corrected chi connectivity index (χ3v) is 7.81. The van der Waals surface area contributed by atoms with Gasteiger partial charge in [0.05, 0.1) is 18.9 Å². The van der Waals surface area contributed by atoms with E-state index >= 15 is 0 Å². The van der Waals surface area contributed by atoms with Crippen molar-refractivity contribution >= 4 is 35.1 Å². The molecule has 0 aromatic heterocycles. The van der Waals surface area contributed by atoms with E-state index in [2.05, 4.69) is 17.6 Å². The van der Waals surface area contributed by atoms with E-state index < -0.39 is 17.9 Å². The van der Waals surface area contributed by atoms with Gasteiger partial charge in [0.1, 0.15) is 6.04 Å². The Balaban J connectivity index is 1.48. The molecule has 1 unspecified atom stereocenters. The molecule has 222 valence electrons. The highest BCUT2D eigenvalue weighted by Gasteiger charge is 2.35. The number of unbranched alkanes of at least 4 members (excludes halogenated alkanes) is 9. The highest BCUT2D eigenvalue weighted by molar-refractivity contribution is 7.80. The summed E-state index contributed by atoms with van der Waals surface area (Å²) < 4.78 is 5.45. The van der Waals surface area contributed by atoms with Gasteiger partial charge in [0, 0.05) is 13.1 Å². The first kappa shape index (κ1) is 32.3. The van der Waals surface area contributed by atoms with E-state index in [1.54, 1.807) is 4.90 Å². The normalized spacial score (nSPS) is 14.9. The lowest BCUT2D eigenvalue weighted by Gasteiger charge is -2.36. The largest absolute Gasteiger partial charge is 0.466 e. The van der Waals surface area contributed by atoms with Crippen molar-refractivity contribution in [3.8, 4) is 0 Å². The topological polar surface area (TPSA) is 87.7 Å². The lowest BCUT2D eigenvalue weighted by Crippen LogP contribution is -2.60. The Kier molecular flexibility index (Phi) is 14.3. The number of hydrogen-bond acceptors (Lipinski definition) is 5. The summed E-state index contributed by atoms with van der Waals surface area (Å²) in [4.78, 5) is 40.5. The molecule has 0 bridgehead atoms. The average Bonchev–Trinajstić information content (AvgIpc) is 2.98. The standard InChI is InChI=1S/C33H45N3O4S/c1-2-3-4-5-6-7-8-9-10-17-24-40-29(37)25-28-31(38)34-22-23-36(28)33(41)35-32(39)30(26-18-13-11-14-19-26)27-20-15-12-16-21-27/h11-16,18-21,28,30H,2-10,17,22-25H2,1H3,(H,34,38)(H,35,39,41). The van der Waals surface area contributed by atoms with Gasteiger partial charge in [0.2, 0.25) is 11.8 Å². The minimum absolute atomic E-state index is 0.125. The highest BCUT2D eigenvalue weighted by atomic mass is 32.1. The van der Waals surface area contributed by atoms with Gasteiger partial charge in [-0.3, -0.25) is 14.4 Å². The van der Waals surface area contributed by atoms with E-state index in [0.717, 1.165) is 30.4 Å². The van der Waals surface area contributed by atoms with Gasteiger partial charge in [-0.15, -0.1) is 0 Å². The molecular formula is C33H45N3O4S. The summed E-state index contributed by atoms with van der Waals surface area (Å²) in [7, 11) is 0. The van der Waals surface area contributed by atoms with Gasteiger partial charge in [-0.2, -0.15) is 0 Å². The van der Waals surface area contributed by atoms with Crippen LogP contribution >= 0.6 is 12.2 Å². The van der Waals surface area contributed by atoms with Gasteiger partial charge in [0.15, 0.2) is 5.11 Å². The number of rotatable bonds is 16. The zero-order valence-electron chi connectivity index (χ0n) is 24.3. The van der Waals surface area contributed by atoms with E-state index in [1.807, 2.05) is 60.7 Å². The maximum absolute atomic E-state index is 13.5. The number of amides is 2. The van der Waals surface area contributed by atoms with Crippen LogP contribution in [0.2, 0.25) is 0 Å². The minimum Gasteiger partial charge on any atom is -0.466 e. The summed E-state index contributed by atoms with van der Waals surface area (Å²) >= 11 is 5.60. The number of nitrogens with zero attached hydrogens (tertiary/aromatic N) is 1. The molecule has 1 aliphatic heterocycles. The summed E-state index contributed by atoms with van der Waals surface area (Å²) in [6.07, 6.45) is 11.9. The molecular weight excluding hydrogens is 534 g/mol. The smallest absolute Gasteiger partial charge is 0.308 e. The van der Waals surface area contributed by atoms with Crippen LogP contribution in [-0.2, 0) is 19.1 Å². The third-order valence-electron chi connectivity index (χ3n) is 7.47. The second-order valence-electron chi connectivity index (χ2n) is 10.7. The molecule has 1 aliphatic rings. The van der Waals surface area contributed by atoms with Crippen LogP contribution < -0.4 is 10.6 Å². The van der Waals surface area contributed by atoms with Gasteiger partial charge in [-0.25, -0.2) is 0 Å². The Labute approximate surface area is 250 Å². The van der Waals surface area contributed by atoms with Crippen LogP contribution in [0.25, 0.3) is 0 Å². The maximum Gasteiger partial charge on any atom is 0.308 e. The number of ether oxygens (including phenoxy) is 1. The van der Waals surface area contributed by atoms with Crippen molar-refractivity contribution in [3.05, 3.63) is 71.8 Å². The fourth-order valence-corrected chi connectivity index (χ4v) is 5.51. The molecule has 2 amide bonds. The molecule has 8 heteroatoms. The number of nitrogens with one attached hydrogen (secondary N) is 2. The second-order valence-corrected chi connectivity index (χ2v) is 11.0. The molecule has 0 radical (unpaired) electrons. The molecule has 1 fully saturated rings. The van der Waals surface area contributed by atoms with E-state index in [9.17, 15) is 14.4 Å². The molecule has 7 nitrogen and oxygen atoms in total. The zero-order valence-corrected chi connectivity index (χ0v) is 25.1.